The van der Waals surface area contributed by atoms with Crippen molar-refractivity contribution in [2.75, 3.05) is 25.3 Å². The number of rotatable bonds is 10. The van der Waals surface area contributed by atoms with Crippen LogP contribution >= 0.6 is 0 Å². The molecule has 2 fully saturated rings. The Kier molecular flexibility index (Phi) is 6.74. The molecule has 5 nitrogen and oxygen atoms in total. The fourth-order valence-corrected chi connectivity index (χ4v) is 3.55. The molecule has 0 aromatic heterocycles. The molecule has 2 unspecified atom stereocenters. The molecule has 0 spiro atoms. The average Bonchev–Trinajstić information content (AvgIpc) is 3.41. The van der Waals surface area contributed by atoms with E-state index < -0.39 is 17.3 Å². The first-order chi connectivity index (χ1) is 13.8. The predicted octanol–water partition coefficient (Wildman–Crippen LogP) is 4.08. The van der Waals surface area contributed by atoms with Gasteiger partial charge in [0.1, 0.15) is 17.2 Å². The molecule has 3 rings (SSSR count). The van der Waals surface area contributed by atoms with Gasteiger partial charge in [0.2, 0.25) is 0 Å². The molecular weight excluding hydrogens is 379 g/mol. The third kappa shape index (κ3) is 5.45. The Labute approximate surface area is 170 Å². The van der Waals surface area contributed by atoms with Crippen molar-refractivity contribution in [3.05, 3.63) is 41.6 Å². The maximum atomic E-state index is 14.4. The first-order valence-corrected chi connectivity index (χ1v) is 9.87. The van der Waals surface area contributed by atoms with Crippen LogP contribution in [-0.4, -0.2) is 49.8 Å². The van der Waals surface area contributed by atoms with Gasteiger partial charge in [-0.15, -0.1) is 0 Å². The monoisotopic (exact) mass is 407 g/mol. The molecule has 8 heteroatoms. The van der Waals surface area contributed by atoms with E-state index in [4.69, 9.17) is 0 Å². The van der Waals surface area contributed by atoms with Crippen LogP contribution in [-0.2, 0) is 0 Å². The lowest BCUT2D eigenvalue weighted by Gasteiger charge is -2.34. The molecule has 0 saturated heterocycles. The Morgan fingerprint density at radius 3 is 2.76 bits per heavy atom. The second-order valence-corrected chi connectivity index (χ2v) is 7.96. The Bertz CT molecular complexity index is 791. The van der Waals surface area contributed by atoms with Crippen molar-refractivity contribution in [2.24, 2.45) is 16.0 Å². The zero-order valence-electron chi connectivity index (χ0n) is 16.9. The van der Waals surface area contributed by atoms with Crippen molar-refractivity contribution in [3.8, 4) is 0 Å². The zero-order valence-corrected chi connectivity index (χ0v) is 16.9. The highest BCUT2D eigenvalue weighted by Crippen LogP contribution is 2.38. The normalized spacial score (nSPS) is 23.3. The molecule has 0 heterocycles. The minimum absolute atomic E-state index is 0.128. The summed E-state index contributed by atoms with van der Waals surface area (Å²) in [5, 5.41) is 10.9. The van der Waals surface area contributed by atoms with Gasteiger partial charge in [-0.3, -0.25) is 4.99 Å². The van der Waals surface area contributed by atoms with E-state index >= 15 is 0 Å². The van der Waals surface area contributed by atoms with E-state index in [-0.39, 0.29) is 11.7 Å². The molecule has 158 valence electrons. The van der Waals surface area contributed by atoms with E-state index in [0.717, 1.165) is 24.5 Å². The van der Waals surface area contributed by atoms with Gasteiger partial charge in [-0.2, -0.15) is 15.2 Å². The molecule has 2 aliphatic rings. The van der Waals surface area contributed by atoms with Gasteiger partial charge in [0.05, 0.1) is 6.21 Å². The van der Waals surface area contributed by atoms with Gasteiger partial charge in [0, 0.05) is 31.9 Å². The third-order valence-corrected chi connectivity index (χ3v) is 5.55. The highest BCUT2D eigenvalue weighted by molar-refractivity contribution is 5.78. The van der Waals surface area contributed by atoms with Crippen LogP contribution in [0.4, 0.5) is 18.9 Å². The number of benzene rings is 1. The van der Waals surface area contributed by atoms with Crippen molar-refractivity contribution < 1.29 is 13.2 Å². The summed E-state index contributed by atoms with van der Waals surface area (Å²) in [4.78, 5) is 3.69. The number of hydrazone groups is 1. The molecule has 2 aliphatic carbocycles. The van der Waals surface area contributed by atoms with E-state index in [9.17, 15) is 13.2 Å². The van der Waals surface area contributed by atoms with Crippen LogP contribution in [0.15, 0.2) is 40.1 Å². The average molecular weight is 407 g/mol. The van der Waals surface area contributed by atoms with Crippen LogP contribution in [0.2, 0.25) is 0 Å². The molecule has 1 aromatic rings. The Balaban J connectivity index is 1.67. The summed E-state index contributed by atoms with van der Waals surface area (Å²) in [5.41, 5.74) is -0.156. The summed E-state index contributed by atoms with van der Waals surface area (Å²) in [6, 6.07) is 3.53. The fourth-order valence-electron chi connectivity index (χ4n) is 3.55. The number of aliphatic imine (C=N–C) groups is 1. The van der Waals surface area contributed by atoms with Gasteiger partial charge in [0.25, 0.3) is 0 Å². The molecule has 2 saturated carbocycles. The van der Waals surface area contributed by atoms with E-state index in [1.807, 2.05) is 12.1 Å². The van der Waals surface area contributed by atoms with Gasteiger partial charge in [-0.1, -0.05) is 0 Å². The number of nitrogens with one attached hydrogen (secondary N) is 1. The first kappa shape index (κ1) is 21.5. The van der Waals surface area contributed by atoms with Crippen molar-refractivity contribution in [1.82, 2.24) is 10.3 Å². The highest BCUT2D eigenvalue weighted by Gasteiger charge is 2.43. The van der Waals surface area contributed by atoms with Gasteiger partial charge >= 0.3 is 0 Å². The molecule has 2 atom stereocenters. The lowest BCUT2D eigenvalue weighted by molar-refractivity contribution is 0.0630. The second-order valence-electron chi connectivity index (χ2n) is 7.96. The number of anilines is 1. The standard InChI is InChI=1S/C21H28F3N5/c1-15(11-25-2)12-27-29(19-6-5-17(22)10-18(19)23)28(3)20-9-16(20)13-26-14-21(24)7-4-8-21/h5-6,10-12,16,20,26H,2,4,7-9,13-14H2,1,3H3/b15-11+,27-12-. The van der Waals surface area contributed by atoms with Crippen molar-refractivity contribution in [1.29, 1.82) is 0 Å². The van der Waals surface area contributed by atoms with Gasteiger partial charge in [-0.05, 0) is 69.5 Å². The second kappa shape index (κ2) is 9.09. The molecule has 1 N–H and O–H groups in total. The van der Waals surface area contributed by atoms with Crippen molar-refractivity contribution >= 4 is 18.6 Å². The maximum absolute atomic E-state index is 14.4. The van der Waals surface area contributed by atoms with Crippen LogP contribution in [0.1, 0.15) is 32.6 Å². The Morgan fingerprint density at radius 1 is 1.38 bits per heavy atom. The molecule has 0 radical (unpaired) electrons. The largest absolute Gasteiger partial charge is 0.313 e. The van der Waals surface area contributed by atoms with Gasteiger partial charge < -0.3 is 5.32 Å². The summed E-state index contributed by atoms with van der Waals surface area (Å²) >= 11 is 0. The number of allylic oxidation sites excluding steroid dienone is 1. The molecule has 0 amide bonds. The van der Waals surface area contributed by atoms with Crippen molar-refractivity contribution in [2.45, 2.75) is 44.3 Å². The predicted molar refractivity (Wildman–Crippen MR) is 111 cm³/mol. The van der Waals surface area contributed by atoms with Crippen LogP contribution < -0.4 is 10.4 Å². The minimum Gasteiger partial charge on any atom is -0.313 e. The number of hydrogen-bond acceptors (Lipinski definition) is 5. The SMILES string of the molecule is C=N/C=C(C)/C=N\N(c1ccc(F)cc1F)N(C)C1CC1CNCC1(F)CCC1. The van der Waals surface area contributed by atoms with E-state index in [1.165, 1.54) is 17.3 Å². The summed E-state index contributed by atoms with van der Waals surface area (Å²) in [7, 11) is 1.82. The smallest absolute Gasteiger partial charge is 0.153 e. The quantitative estimate of drug-likeness (QED) is 0.470. The minimum atomic E-state index is -1.05. The lowest BCUT2D eigenvalue weighted by atomic mass is 9.82. The highest BCUT2D eigenvalue weighted by atomic mass is 19.1. The van der Waals surface area contributed by atoms with E-state index in [0.29, 0.717) is 31.8 Å². The maximum Gasteiger partial charge on any atom is 0.153 e. The number of halogens is 3. The van der Waals surface area contributed by atoms with Crippen LogP contribution in [0.25, 0.3) is 0 Å². The lowest BCUT2D eigenvalue weighted by Crippen LogP contribution is -2.44. The number of hydrazine groups is 1. The summed E-state index contributed by atoms with van der Waals surface area (Å²) in [6.07, 6.45) is 6.20. The molecular formula is C21H28F3N5. The summed E-state index contributed by atoms with van der Waals surface area (Å²) in [6.45, 7) is 6.28. The van der Waals surface area contributed by atoms with Crippen LogP contribution in [0, 0.1) is 17.6 Å². The van der Waals surface area contributed by atoms with Crippen LogP contribution in [0.3, 0.4) is 0 Å². The molecule has 0 bridgehead atoms. The summed E-state index contributed by atoms with van der Waals surface area (Å²) < 4.78 is 41.9. The Morgan fingerprint density at radius 2 is 2.14 bits per heavy atom. The van der Waals surface area contributed by atoms with Gasteiger partial charge in [-0.25, -0.2) is 13.2 Å². The number of hydrogen-bond donors (Lipinski definition) is 1. The number of alkyl halides is 1. The Hall–Kier alpha value is -2.19. The summed E-state index contributed by atoms with van der Waals surface area (Å²) in [5.74, 6) is -1.03. The zero-order chi connectivity index (χ0) is 21.0. The third-order valence-electron chi connectivity index (χ3n) is 5.55. The van der Waals surface area contributed by atoms with E-state index in [1.54, 1.807) is 19.3 Å². The molecule has 29 heavy (non-hydrogen) atoms. The first-order valence-electron chi connectivity index (χ1n) is 9.87. The molecule has 0 aliphatic heterocycles. The van der Waals surface area contributed by atoms with Crippen molar-refractivity contribution in [3.63, 3.8) is 0 Å². The van der Waals surface area contributed by atoms with Crippen LogP contribution in [0.5, 0.6) is 0 Å². The van der Waals surface area contributed by atoms with E-state index in [2.05, 4.69) is 22.1 Å². The van der Waals surface area contributed by atoms with Gasteiger partial charge in [0.15, 0.2) is 5.82 Å². The topological polar surface area (TPSA) is 43.2 Å². The fraction of sp³-hybridized carbons (Fsp3) is 0.524. The molecule has 1 aromatic carbocycles. The number of nitrogens with zero attached hydrogens (tertiary/aromatic N) is 4.